The highest BCUT2D eigenvalue weighted by molar-refractivity contribution is 6.04. The zero-order chi connectivity index (χ0) is 29.7. The van der Waals surface area contributed by atoms with Gasteiger partial charge in [-0.05, 0) is 48.9 Å². The number of anilines is 3. The number of hydrogen-bond donors (Lipinski definition) is 3. The van der Waals surface area contributed by atoms with Crippen LogP contribution in [0.1, 0.15) is 34.0 Å². The maximum Gasteiger partial charge on any atom is 0.416 e. The molecule has 1 amide bonds. The van der Waals surface area contributed by atoms with Crippen LogP contribution < -0.4 is 15.4 Å². The lowest BCUT2D eigenvalue weighted by atomic mass is 10.0. The number of nitrogens with zero attached hydrogens (tertiary/aromatic N) is 5. The number of aromatic amines is 1. The summed E-state index contributed by atoms with van der Waals surface area (Å²) in [5, 5.41) is 12.3. The molecule has 42 heavy (non-hydrogen) atoms. The first-order chi connectivity index (χ1) is 20.2. The van der Waals surface area contributed by atoms with Crippen molar-refractivity contribution in [2.75, 3.05) is 43.4 Å². The van der Waals surface area contributed by atoms with E-state index < -0.39 is 17.6 Å². The van der Waals surface area contributed by atoms with Crippen LogP contribution in [0.15, 0.2) is 61.1 Å². The summed E-state index contributed by atoms with van der Waals surface area (Å²) in [6.07, 6.45) is -1.64. The Morgan fingerprint density at radius 3 is 2.52 bits per heavy atom. The maximum absolute atomic E-state index is 14.0. The van der Waals surface area contributed by atoms with Crippen LogP contribution in [0.2, 0.25) is 0 Å². The highest BCUT2D eigenvalue weighted by Gasteiger charge is 2.34. The molecule has 3 N–H and O–H groups in total. The van der Waals surface area contributed by atoms with Crippen LogP contribution in [0.3, 0.4) is 0 Å². The van der Waals surface area contributed by atoms with Crippen molar-refractivity contribution in [3.8, 4) is 11.6 Å². The number of alkyl halides is 3. The predicted molar refractivity (Wildman–Crippen MR) is 152 cm³/mol. The van der Waals surface area contributed by atoms with Crippen LogP contribution in [0.5, 0.6) is 11.6 Å². The van der Waals surface area contributed by atoms with E-state index in [0.29, 0.717) is 30.5 Å². The number of amides is 1. The number of rotatable bonds is 9. The van der Waals surface area contributed by atoms with Gasteiger partial charge in [0, 0.05) is 56.1 Å². The minimum Gasteiger partial charge on any atom is -0.439 e. The molecule has 10 nitrogen and oxygen atoms in total. The Morgan fingerprint density at radius 2 is 1.81 bits per heavy atom. The number of carbonyl (C=O) groups is 1. The first-order valence-electron chi connectivity index (χ1n) is 13.5. The number of nitrogens with one attached hydrogen (secondary N) is 3. The van der Waals surface area contributed by atoms with Crippen molar-refractivity contribution < 1.29 is 22.7 Å². The van der Waals surface area contributed by atoms with Crippen molar-refractivity contribution in [2.24, 2.45) is 0 Å². The topological polar surface area (TPSA) is 111 Å². The number of benzene rings is 2. The Morgan fingerprint density at radius 1 is 1.02 bits per heavy atom. The second kappa shape index (κ2) is 12.6. The van der Waals surface area contributed by atoms with Crippen molar-refractivity contribution in [1.82, 2.24) is 30.0 Å². The monoisotopic (exact) mass is 580 g/mol. The second-order valence-corrected chi connectivity index (χ2v) is 9.95. The van der Waals surface area contributed by atoms with E-state index in [-0.39, 0.29) is 29.2 Å². The molecule has 1 fully saturated rings. The molecule has 0 atom stereocenters. The molecule has 0 radical (unpaired) electrons. The number of ether oxygens (including phenoxy) is 1. The number of likely N-dealkylation sites (N-methyl/N-ethyl adjacent to an activating group) is 1. The lowest BCUT2D eigenvalue weighted by Crippen LogP contribution is -2.45. The molecule has 2 aromatic carbocycles. The van der Waals surface area contributed by atoms with Gasteiger partial charge in [-0.15, -0.1) is 0 Å². The minimum absolute atomic E-state index is 0.0558. The van der Waals surface area contributed by atoms with Gasteiger partial charge in [-0.3, -0.25) is 14.8 Å². The average molecular weight is 581 g/mol. The zero-order valence-corrected chi connectivity index (χ0v) is 23.2. The number of aromatic nitrogens is 4. The van der Waals surface area contributed by atoms with Gasteiger partial charge in [0.05, 0.1) is 11.8 Å². The smallest absolute Gasteiger partial charge is 0.416 e. The lowest BCUT2D eigenvalue weighted by Gasteiger charge is -2.34. The summed E-state index contributed by atoms with van der Waals surface area (Å²) in [6, 6.07) is 12.0. The van der Waals surface area contributed by atoms with E-state index in [4.69, 9.17) is 4.74 Å². The largest absolute Gasteiger partial charge is 0.439 e. The fraction of sp³-hybridized carbons (Fsp3) is 0.310. The molecule has 4 aromatic rings. The maximum atomic E-state index is 14.0. The number of carbonyl (C=O) groups excluding carboxylic acids is 1. The Balaban J connectivity index is 1.29. The fourth-order valence-electron chi connectivity index (χ4n) is 4.65. The summed E-state index contributed by atoms with van der Waals surface area (Å²) in [6.45, 7) is 8.07. The predicted octanol–water partition coefficient (Wildman–Crippen LogP) is 5.45. The third-order valence-corrected chi connectivity index (χ3v) is 7.05. The van der Waals surface area contributed by atoms with Crippen molar-refractivity contribution in [3.05, 3.63) is 83.3 Å². The van der Waals surface area contributed by atoms with E-state index in [2.05, 4.69) is 42.6 Å². The van der Waals surface area contributed by atoms with Crippen LogP contribution in [-0.4, -0.2) is 68.6 Å². The summed E-state index contributed by atoms with van der Waals surface area (Å²) in [5.41, 5.74) is 0.432. The third-order valence-electron chi connectivity index (χ3n) is 7.05. The number of hydrogen-bond acceptors (Lipinski definition) is 8. The normalized spacial score (nSPS) is 14.5. The highest BCUT2D eigenvalue weighted by atomic mass is 19.4. The van der Waals surface area contributed by atoms with Gasteiger partial charge in [0.25, 0.3) is 5.91 Å². The Hall–Kier alpha value is -4.49. The third kappa shape index (κ3) is 7.22. The van der Waals surface area contributed by atoms with Crippen molar-refractivity contribution in [3.63, 3.8) is 0 Å². The van der Waals surface area contributed by atoms with Crippen LogP contribution in [-0.2, 0) is 12.7 Å². The van der Waals surface area contributed by atoms with Gasteiger partial charge in [0.15, 0.2) is 0 Å². The SMILES string of the molecule is CCN1CCN(Cc2ccc(NC(=O)c3ccc(C)c(Oc4cc(Nc5ccn[nH]5)ncn4)c3)cc2C(F)(F)F)CC1. The van der Waals surface area contributed by atoms with Gasteiger partial charge in [-0.1, -0.05) is 19.1 Å². The molecule has 1 aliphatic rings. The van der Waals surface area contributed by atoms with Gasteiger partial charge in [0.1, 0.15) is 23.7 Å². The standard InChI is InChI=1S/C29H31F3N8O2/c1-3-39-10-12-40(13-11-39)17-21-6-7-22(15-23(21)29(30,31)32)36-28(41)20-5-4-19(2)24(14-20)42-27-16-26(33-18-34-27)37-25-8-9-35-38-25/h4-9,14-16,18H,3,10-13,17H2,1-2H3,(H,36,41)(H2,33,34,35,37,38). The summed E-state index contributed by atoms with van der Waals surface area (Å²) in [7, 11) is 0. The molecule has 0 bridgehead atoms. The molecule has 0 spiro atoms. The van der Waals surface area contributed by atoms with Crippen LogP contribution in [0, 0.1) is 6.92 Å². The molecule has 5 rings (SSSR count). The summed E-state index contributed by atoms with van der Waals surface area (Å²) >= 11 is 0. The van der Waals surface area contributed by atoms with Gasteiger partial charge in [-0.25, -0.2) is 9.97 Å². The zero-order valence-electron chi connectivity index (χ0n) is 23.2. The summed E-state index contributed by atoms with van der Waals surface area (Å²) < 4.78 is 48.0. The van der Waals surface area contributed by atoms with Crippen LogP contribution in [0.4, 0.5) is 30.5 Å². The Bertz CT molecular complexity index is 1520. The Kier molecular flexibility index (Phi) is 8.69. The molecule has 220 valence electrons. The summed E-state index contributed by atoms with van der Waals surface area (Å²) in [4.78, 5) is 25.6. The highest BCUT2D eigenvalue weighted by Crippen LogP contribution is 2.35. The number of halogens is 3. The van der Waals surface area contributed by atoms with Crippen LogP contribution in [0.25, 0.3) is 0 Å². The van der Waals surface area contributed by atoms with E-state index in [1.807, 2.05) is 4.90 Å². The number of piperazine rings is 1. The first kappa shape index (κ1) is 29.0. The van der Waals surface area contributed by atoms with Gasteiger partial charge in [-0.2, -0.15) is 18.3 Å². The van der Waals surface area contributed by atoms with E-state index in [1.54, 1.807) is 37.4 Å². The fourth-order valence-corrected chi connectivity index (χ4v) is 4.65. The van der Waals surface area contributed by atoms with Crippen molar-refractivity contribution in [2.45, 2.75) is 26.6 Å². The lowest BCUT2D eigenvalue weighted by molar-refractivity contribution is -0.138. The minimum atomic E-state index is -4.56. The molecule has 3 heterocycles. The molecular formula is C29H31F3N8O2. The van der Waals surface area contributed by atoms with Crippen molar-refractivity contribution in [1.29, 1.82) is 0 Å². The second-order valence-electron chi connectivity index (χ2n) is 9.95. The molecule has 1 saturated heterocycles. The van der Waals surface area contributed by atoms with E-state index >= 15 is 0 Å². The van der Waals surface area contributed by atoms with Gasteiger partial charge >= 0.3 is 6.18 Å². The van der Waals surface area contributed by atoms with E-state index in [1.165, 1.54) is 24.5 Å². The average Bonchev–Trinajstić information content (AvgIpc) is 3.48. The number of aryl methyl sites for hydroxylation is 1. The molecule has 0 aliphatic carbocycles. The number of H-pyrrole nitrogens is 1. The quantitative estimate of drug-likeness (QED) is 0.240. The molecular weight excluding hydrogens is 549 g/mol. The van der Waals surface area contributed by atoms with Gasteiger partial charge in [0.2, 0.25) is 5.88 Å². The first-order valence-corrected chi connectivity index (χ1v) is 13.5. The van der Waals surface area contributed by atoms with E-state index in [0.717, 1.165) is 31.3 Å². The molecule has 0 saturated carbocycles. The van der Waals surface area contributed by atoms with Crippen LogP contribution >= 0.6 is 0 Å². The molecule has 13 heteroatoms. The molecule has 1 aliphatic heterocycles. The molecule has 0 unspecified atom stereocenters. The van der Waals surface area contributed by atoms with Gasteiger partial charge < -0.3 is 20.3 Å². The van der Waals surface area contributed by atoms with E-state index in [9.17, 15) is 18.0 Å². The molecule has 2 aromatic heterocycles. The Labute approximate surface area is 240 Å². The van der Waals surface area contributed by atoms with Crippen molar-refractivity contribution >= 4 is 23.2 Å². The summed E-state index contributed by atoms with van der Waals surface area (Å²) in [5.74, 6) is 1.12.